The third kappa shape index (κ3) is 5.38. The number of nitrogens with zero attached hydrogens (tertiary/aromatic N) is 1. The van der Waals surface area contributed by atoms with Gasteiger partial charge in [-0.3, -0.25) is 14.9 Å². The highest BCUT2D eigenvalue weighted by Gasteiger charge is 2.14. The van der Waals surface area contributed by atoms with Gasteiger partial charge in [-0.05, 0) is 24.1 Å². The molecule has 1 N–H and O–H groups in total. The summed E-state index contributed by atoms with van der Waals surface area (Å²) in [5.41, 5.74) is 0.202. The molecule has 8 heteroatoms. The van der Waals surface area contributed by atoms with Crippen molar-refractivity contribution >= 4 is 17.6 Å². The largest absolute Gasteiger partial charge is 0.452 e. The number of esters is 1. The van der Waals surface area contributed by atoms with E-state index in [9.17, 15) is 24.1 Å². The molecule has 0 spiro atoms. The van der Waals surface area contributed by atoms with Crippen LogP contribution in [0.1, 0.15) is 15.9 Å². The molecule has 0 radical (unpaired) electrons. The van der Waals surface area contributed by atoms with Crippen LogP contribution in [-0.4, -0.2) is 30.0 Å². The Morgan fingerprint density at radius 1 is 1.16 bits per heavy atom. The van der Waals surface area contributed by atoms with Crippen molar-refractivity contribution in [3.63, 3.8) is 0 Å². The number of carbonyl (C=O) groups is 2. The second kappa shape index (κ2) is 8.53. The van der Waals surface area contributed by atoms with Crippen LogP contribution in [0.25, 0.3) is 0 Å². The molecule has 0 aliphatic rings. The fourth-order valence-corrected chi connectivity index (χ4v) is 2.05. The van der Waals surface area contributed by atoms with Gasteiger partial charge in [0, 0.05) is 18.7 Å². The Morgan fingerprint density at radius 2 is 1.92 bits per heavy atom. The lowest BCUT2D eigenvalue weighted by atomic mass is 10.1. The lowest BCUT2D eigenvalue weighted by Crippen LogP contribution is -2.30. The van der Waals surface area contributed by atoms with Crippen molar-refractivity contribution in [2.45, 2.75) is 6.42 Å². The first-order valence-corrected chi connectivity index (χ1v) is 7.39. The summed E-state index contributed by atoms with van der Waals surface area (Å²) < 4.78 is 18.2. The molecule has 7 nitrogen and oxygen atoms in total. The molecule has 0 aromatic heterocycles. The summed E-state index contributed by atoms with van der Waals surface area (Å²) in [6, 6.07) is 11.2. The lowest BCUT2D eigenvalue weighted by molar-refractivity contribution is -0.384. The second-order valence-electron chi connectivity index (χ2n) is 5.07. The minimum Gasteiger partial charge on any atom is -0.452 e. The highest BCUT2D eigenvalue weighted by molar-refractivity contribution is 5.91. The van der Waals surface area contributed by atoms with E-state index in [0.29, 0.717) is 12.0 Å². The Kier molecular flexibility index (Phi) is 6.16. The van der Waals surface area contributed by atoms with Gasteiger partial charge in [0.05, 0.1) is 10.5 Å². The van der Waals surface area contributed by atoms with Crippen LogP contribution in [0.3, 0.4) is 0 Å². The van der Waals surface area contributed by atoms with Crippen LogP contribution in [0.5, 0.6) is 0 Å². The first kappa shape index (κ1) is 18.1. The molecule has 2 aromatic carbocycles. The van der Waals surface area contributed by atoms with E-state index in [0.717, 1.165) is 6.07 Å². The average molecular weight is 346 g/mol. The molecule has 0 saturated carbocycles. The van der Waals surface area contributed by atoms with Crippen LogP contribution >= 0.6 is 0 Å². The zero-order valence-electron chi connectivity index (χ0n) is 13.1. The maximum absolute atomic E-state index is 13.4. The van der Waals surface area contributed by atoms with E-state index < -0.39 is 23.4 Å². The van der Waals surface area contributed by atoms with Gasteiger partial charge in [-0.15, -0.1) is 0 Å². The van der Waals surface area contributed by atoms with E-state index in [1.807, 2.05) is 0 Å². The van der Waals surface area contributed by atoms with Gasteiger partial charge in [-0.25, -0.2) is 9.18 Å². The number of halogens is 1. The molecule has 1 amide bonds. The molecule has 25 heavy (non-hydrogen) atoms. The molecule has 0 aliphatic carbocycles. The summed E-state index contributed by atoms with van der Waals surface area (Å²) in [6.45, 7) is -0.340. The van der Waals surface area contributed by atoms with E-state index in [-0.39, 0.29) is 23.6 Å². The van der Waals surface area contributed by atoms with Crippen LogP contribution in [0.15, 0.2) is 48.5 Å². The molecule has 0 saturated heterocycles. The van der Waals surface area contributed by atoms with Gasteiger partial charge in [-0.1, -0.05) is 24.3 Å². The van der Waals surface area contributed by atoms with E-state index in [4.69, 9.17) is 4.74 Å². The van der Waals surface area contributed by atoms with Gasteiger partial charge in [0.1, 0.15) is 5.82 Å². The maximum atomic E-state index is 13.4. The van der Waals surface area contributed by atoms with E-state index in [2.05, 4.69) is 5.32 Å². The number of ether oxygens (including phenoxy) is 1. The first-order chi connectivity index (χ1) is 12.0. The number of benzene rings is 2. The molecule has 2 rings (SSSR count). The number of hydrogen-bond acceptors (Lipinski definition) is 5. The molecule has 2 aromatic rings. The smallest absolute Gasteiger partial charge is 0.338 e. The average Bonchev–Trinajstić information content (AvgIpc) is 2.61. The van der Waals surface area contributed by atoms with Crippen molar-refractivity contribution < 1.29 is 23.6 Å². The van der Waals surface area contributed by atoms with E-state index in [1.165, 1.54) is 24.3 Å². The van der Waals surface area contributed by atoms with Gasteiger partial charge in [0.15, 0.2) is 6.61 Å². The van der Waals surface area contributed by atoms with Gasteiger partial charge in [-0.2, -0.15) is 0 Å². The zero-order chi connectivity index (χ0) is 18.2. The van der Waals surface area contributed by atoms with E-state index >= 15 is 0 Å². The molecular formula is C17H15FN2O5. The number of carbonyl (C=O) groups excluding carboxylic acids is 2. The first-order valence-electron chi connectivity index (χ1n) is 7.39. The summed E-state index contributed by atoms with van der Waals surface area (Å²) in [4.78, 5) is 33.5. The Labute approximate surface area is 142 Å². The topological polar surface area (TPSA) is 98.5 Å². The molecule has 130 valence electrons. The van der Waals surface area contributed by atoms with Gasteiger partial charge in [0.2, 0.25) is 0 Å². The zero-order valence-corrected chi connectivity index (χ0v) is 13.1. The Hall–Kier alpha value is -3.29. The number of nitro benzene ring substituents is 1. The Morgan fingerprint density at radius 3 is 2.64 bits per heavy atom. The van der Waals surface area contributed by atoms with Crippen molar-refractivity contribution in [1.29, 1.82) is 0 Å². The Balaban J connectivity index is 1.78. The minimum absolute atomic E-state index is 0.0200. The molecule has 0 atom stereocenters. The minimum atomic E-state index is -0.840. The summed E-state index contributed by atoms with van der Waals surface area (Å²) in [5.74, 6) is -1.74. The normalized spacial score (nSPS) is 10.1. The van der Waals surface area contributed by atoms with Crippen molar-refractivity contribution in [3.05, 3.63) is 75.6 Å². The fraction of sp³-hybridized carbons (Fsp3) is 0.176. The Bertz CT molecular complexity index is 794. The van der Waals surface area contributed by atoms with E-state index in [1.54, 1.807) is 18.2 Å². The summed E-state index contributed by atoms with van der Waals surface area (Å²) >= 11 is 0. The maximum Gasteiger partial charge on any atom is 0.338 e. The van der Waals surface area contributed by atoms with Gasteiger partial charge in [0.25, 0.3) is 11.6 Å². The number of nitrogens with one attached hydrogen (secondary N) is 1. The van der Waals surface area contributed by atoms with Crippen LogP contribution in [0, 0.1) is 15.9 Å². The van der Waals surface area contributed by atoms with Crippen molar-refractivity contribution in [2.24, 2.45) is 0 Å². The molecular weight excluding hydrogens is 331 g/mol. The predicted octanol–water partition coefficient (Wildman–Crippen LogP) is 2.25. The standard InChI is InChI=1S/C17H15FN2O5/c18-15-7-2-1-4-12(15)8-9-19-16(21)11-25-17(22)13-5-3-6-14(10-13)20(23)24/h1-7,10H,8-9,11H2,(H,19,21). The monoisotopic (exact) mass is 346 g/mol. The highest BCUT2D eigenvalue weighted by atomic mass is 19.1. The molecule has 0 unspecified atom stereocenters. The molecule has 0 fully saturated rings. The number of hydrogen-bond donors (Lipinski definition) is 1. The molecule has 0 heterocycles. The fourth-order valence-electron chi connectivity index (χ4n) is 2.05. The molecule has 0 aliphatic heterocycles. The predicted molar refractivity (Wildman–Crippen MR) is 86.5 cm³/mol. The highest BCUT2D eigenvalue weighted by Crippen LogP contribution is 2.13. The van der Waals surface area contributed by atoms with Crippen molar-refractivity contribution in [3.8, 4) is 0 Å². The summed E-state index contributed by atoms with van der Waals surface area (Å²) in [5, 5.41) is 13.2. The van der Waals surface area contributed by atoms with Crippen molar-refractivity contribution in [1.82, 2.24) is 5.32 Å². The number of non-ortho nitro benzene ring substituents is 1. The van der Waals surface area contributed by atoms with Gasteiger partial charge >= 0.3 is 5.97 Å². The third-order valence-corrected chi connectivity index (χ3v) is 3.30. The van der Waals surface area contributed by atoms with Crippen LogP contribution < -0.4 is 5.32 Å². The van der Waals surface area contributed by atoms with Crippen molar-refractivity contribution in [2.75, 3.05) is 13.2 Å². The van der Waals surface area contributed by atoms with Crippen LogP contribution in [-0.2, 0) is 16.0 Å². The lowest BCUT2D eigenvalue weighted by Gasteiger charge is -2.07. The van der Waals surface area contributed by atoms with Crippen LogP contribution in [0.4, 0.5) is 10.1 Å². The number of nitro groups is 1. The summed E-state index contributed by atoms with van der Waals surface area (Å²) in [7, 11) is 0. The third-order valence-electron chi connectivity index (χ3n) is 3.30. The number of rotatable bonds is 7. The molecule has 0 bridgehead atoms. The SMILES string of the molecule is O=C(COC(=O)c1cccc([N+](=O)[O-])c1)NCCc1ccccc1F. The second-order valence-corrected chi connectivity index (χ2v) is 5.07. The van der Waals surface area contributed by atoms with Gasteiger partial charge < -0.3 is 10.1 Å². The quantitative estimate of drug-likeness (QED) is 0.471. The summed E-state index contributed by atoms with van der Waals surface area (Å²) in [6.07, 6.45) is 0.303. The van der Waals surface area contributed by atoms with Crippen LogP contribution in [0.2, 0.25) is 0 Å². The number of amides is 1.